The molecule has 1 unspecified atom stereocenters. The fourth-order valence-electron chi connectivity index (χ4n) is 1.93. The predicted octanol–water partition coefficient (Wildman–Crippen LogP) is 3.76. The van der Waals surface area contributed by atoms with Crippen molar-refractivity contribution in [3.63, 3.8) is 0 Å². The van der Waals surface area contributed by atoms with Crippen LogP contribution in [0.3, 0.4) is 0 Å². The van der Waals surface area contributed by atoms with E-state index in [0.29, 0.717) is 11.4 Å². The lowest BCUT2D eigenvalue weighted by Gasteiger charge is -2.22. The standard InChI is InChI=1S/C15H13ClN2/c1-15(11-17,10-12-6-8-18-9-7-12)13-2-4-14(16)5-3-13/h2-9H,10H2,1H3. The Morgan fingerprint density at radius 3 is 2.33 bits per heavy atom. The molecule has 1 aromatic carbocycles. The van der Waals surface area contributed by atoms with Crippen LogP contribution in [0.4, 0.5) is 0 Å². The molecule has 0 spiro atoms. The highest BCUT2D eigenvalue weighted by molar-refractivity contribution is 6.30. The van der Waals surface area contributed by atoms with Gasteiger partial charge in [-0.25, -0.2) is 0 Å². The Bertz CT molecular complexity index is 557. The fourth-order valence-corrected chi connectivity index (χ4v) is 2.06. The van der Waals surface area contributed by atoms with E-state index < -0.39 is 5.41 Å². The molecule has 0 bridgehead atoms. The monoisotopic (exact) mass is 256 g/mol. The van der Waals surface area contributed by atoms with Gasteiger partial charge >= 0.3 is 0 Å². The second-order valence-electron chi connectivity index (χ2n) is 4.48. The minimum absolute atomic E-state index is 0.550. The van der Waals surface area contributed by atoms with Crippen molar-refractivity contribution >= 4 is 11.6 Å². The first-order chi connectivity index (χ1) is 8.64. The molecular weight excluding hydrogens is 244 g/mol. The van der Waals surface area contributed by atoms with Gasteiger partial charge in [0.2, 0.25) is 0 Å². The van der Waals surface area contributed by atoms with Crippen LogP contribution in [0.15, 0.2) is 48.8 Å². The summed E-state index contributed by atoms with van der Waals surface area (Å²) in [6, 6.07) is 13.7. The summed E-state index contributed by atoms with van der Waals surface area (Å²) in [7, 11) is 0. The van der Waals surface area contributed by atoms with E-state index in [4.69, 9.17) is 11.6 Å². The summed E-state index contributed by atoms with van der Waals surface area (Å²) in [5.74, 6) is 0. The zero-order valence-corrected chi connectivity index (χ0v) is 10.9. The maximum absolute atomic E-state index is 9.47. The zero-order valence-electron chi connectivity index (χ0n) is 10.1. The van der Waals surface area contributed by atoms with E-state index in [-0.39, 0.29) is 0 Å². The highest BCUT2D eigenvalue weighted by atomic mass is 35.5. The number of hydrogen-bond donors (Lipinski definition) is 0. The maximum Gasteiger partial charge on any atom is 0.0834 e. The second kappa shape index (κ2) is 5.20. The molecule has 2 nitrogen and oxygen atoms in total. The predicted molar refractivity (Wildman–Crippen MR) is 72.4 cm³/mol. The fraction of sp³-hybridized carbons (Fsp3) is 0.200. The summed E-state index contributed by atoms with van der Waals surface area (Å²) in [6.07, 6.45) is 4.15. The van der Waals surface area contributed by atoms with Crippen molar-refractivity contribution in [2.45, 2.75) is 18.8 Å². The van der Waals surface area contributed by atoms with Crippen molar-refractivity contribution in [3.8, 4) is 6.07 Å². The number of benzene rings is 1. The Morgan fingerprint density at radius 1 is 1.17 bits per heavy atom. The summed E-state index contributed by atoms with van der Waals surface area (Å²) in [5.41, 5.74) is 1.53. The van der Waals surface area contributed by atoms with Crippen LogP contribution in [0.5, 0.6) is 0 Å². The molecule has 1 heterocycles. The molecule has 0 aliphatic carbocycles. The highest BCUT2D eigenvalue weighted by Gasteiger charge is 2.26. The minimum Gasteiger partial charge on any atom is -0.265 e. The topological polar surface area (TPSA) is 36.7 Å². The lowest BCUT2D eigenvalue weighted by molar-refractivity contribution is 0.606. The van der Waals surface area contributed by atoms with E-state index in [1.807, 2.05) is 43.3 Å². The summed E-state index contributed by atoms with van der Waals surface area (Å²) < 4.78 is 0. The van der Waals surface area contributed by atoms with E-state index >= 15 is 0 Å². The SMILES string of the molecule is CC(C#N)(Cc1ccncc1)c1ccc(Cl)cc1. The summed E-state index contributed by atoms with van der Waals surface area (Å²) >= 11 is 5.87. The molecule has 18 heavy (non-hydrogen) atoms. The molecule has 2 aromatic rings. The summed E-state index contributed by atoms with van der Waals surface area (Å²) in [4.78, 5) is 3.99. The van der Waals surface area contributed by atoms with E-state index in [0.717, 1.165) is 11.1 Å². The molecule has 1 aromatic heterocycles. The van der Waals surface area contributed by atoms with Gasteiger partial charge in [0.1, 0.15) is 0 Å². The smallest absolute Gasteiger partial charge is 0.0834 e. The number of halogens is 1. The molecule has 1 atom stereocenters. The van der Waals surface area contributed by atoms with Gasteiger partial charge < -0.3 is 0 Å². The molecule has 2 rings (SSSR count). The molecule has 0 radical (unpaired) electrons. The van der Waals surface area contributed by atoms with Crippen LogP contribution in [-0.4, -0.2) is 4.98 Å². The van der Waals surface area contributed by atoms with Gasteiger partial charge in [0, 0.05) is 17.4 Å². The van der Waals surface area contributed by atoms with Crippen molar-refractivity contribution in [2.24, 2.45) is 0 Å². The number of nitriles is 1. The second-order valence-corrected chi connectivity index (χ2v) is 4.92. The van der Waals surface area contributed by atoms with Crippen LogP contribution in [0, 0.1) is 11.3 Å². The normalized spacial score (nSPS) is 13.6. The molecule has 90 valence electrons. The molecule has 0 amide bonds. The van der Waals surface area contributed by atoms with Crippen molar-refractivity contribution in [2.75, 3.05) is 0 Å². The highest BCUT2D eigenvalue weighted by Crippen LogP contribution is 2.28. The van der Waals surface area contributed by atoms with Gasteiger partial charge in [-0.2, -0.15) is 5.26 Å². The van der Waals surface area contributed by atoms with Gasteiger partial charge in [-0.15, -0.1) is 0 Å². The summed E-state index contributed by atoms with van der Waals surface area (Å²) in [5, 5.41) is 10.2. The molecule has 0 N–H and O–H groups in total. The quantitative estimate of drug-likeness (QED) is 0.838. The number of hydrogen-bond acceptors (Lipinski definition) is 2. The van der Waals surface area contributed by atoms with Crippen LogP contribution >= 0.6 is 11.6 Å². The molecule has 0 saturated heterocycles. The minimum atomic E-state index is -0.550. The van der Waals surface area contributed by atoms with Crippen LogP contribution in [0.2, 0.25) is 5.02 Å². The Kier molecular flexibility index (Phi) is 3.64. The zero-order chi connectivity index (χ0) is 13.0. The van der Waals surface area contributed by atoms with Gasteiger partial charge in [0.15, 0.2) is 0 Å². The summed E-state index contributed by atoms with van der Waals surface area (Å²) in [6.45, 7) is 1.94. The van der Waals surface area contributed by atoms with E-state index in [2.05, 4.69) is 11.1 Å². The van der Waals surface area contributed by atoms with Crippen molar-refractivity contribution in [1.29, 1.82) is 5.26 Å². The number of pyridine rings is 1. The van der Waals surface area contributed by atoms with Crippen LogP contribution in [0.25, 0.3) is 0 Å². The largest absolute Gasteiger partial charge is 0.265 e. The van der Waals surface area contributed by atoms with E-state index in [9.17, 15) is 5.26 Å². The van der Waals surface area contributed by atoms with Crippen molar-refractivity contribution in [3.05, 3.63) is 64.9 Å². The first-order valence-electron chi connectivity index (χ1n) is 5.70. The number of nitrogens with zero attached hydrogens (tertiary/aromatic N) is 2. The first kappa shape index (κ1) is 12.6. The Labute approximate surface area is 112 Å². The van der Waals surface area contributed by atoms with Crippen molar-refractivity contribution < 1.29 is 0 Å². The van der Waals surface area contributed by atoms with Gasteiger partial charge in [-0.3, -0.25) is 4.98 Å². The number of aromatic nitrogens is 1. The average Bonchev–Trinajstić information content (AvgIpc) is 2.40. The van der Waals surface area contributed by atoms with Gasteiger partial charge in [-0.05, 0) is 48.7 Å². The van der Waals surface area contributed by atoms with Crippen molar-refractivity contribution in [1.82, 2.24) is 4.98 Å². The van der Waals surface area contributed by atoms with E-state index in [1.165, 1.54) is 0 Å². The molecule has 0 fully saturated rings. The Hall–Kier alpha value is -1.85. The third-order valence-electron chi connectivity index (χ3n) is 3.04. The molecule has 0 aliphatic rings. The maximum atomic E-state index is 9.47. The first-order valence-corrected chi connectivity index (χ1v) is 6.08. The van der Waals surface area contributed by atoms with Gasteiger partial charge in [0.05, 0.1) is 11.5 Å². The lowest BCUT2D eigenvalue weighted by Crippen LogP contribution is -2.22. The van der Waals surface area contributed by atoms with Gasteiger partial charge in [0.25, 0.3) is 0 Å². The van der Waals surface area contributed by atoms with Crippen LogP contribution in [-0.2, 0) is 11.8 Å². The molecule has 0 saturated carbocycles. The van der Waals surface area contributed by atoms with E-state index in [1.54, 1.807) is 12.4 Å². The molecule has 0 aliphatic heterocycles. The number of rotatable bonds is 3. The molecule has 3 heteroatoms. The van der Waals surface area contributed by atoms with Crippen LogP contribution < -0.4 is 0 Å². The third kappa shape index (κ3) is 2.69. The third-order valence-corrected chi connectivity index (χ3v) is 3.29. The molecular formula is C15H13ClN2. The van der Waals surface area contributed by atoms with Gasteiger partial charge in [-0.1, -0.05) is 23.7 Å². The van der Waals surface area contributed by atoms with Crippen LogP contribution in [0.1, 0.15) is 18.1 Å². The lowest BCUT2D eigenvalue weighted by atomic mass is 9.79. The Morgan fingerprint density at radius 2 is 1.78 bits per heavy atom. The Balaban J connectivity index is 2.32. The average molecular weight is 257 g/mol.